The van der Waals surface area contributed by atoms with Crippen LogP contribution in [0.5, 0.6) is 0 Å². The summed E-state index contributed by atoms with van der Waals surface area (Å²) in [6, 6.07) is 6.79. The van der Waals surface area contributed by atoms with Gasteiger partial charge < -0.3 is 14.6 Å². The van der Waals surface area contributed by atoms with Crippen molar-refractivity contribution in [3.63, 3.8) is 0 Å². The molecular formula is C18H19FN6O2. The monoisotopic (exact) mass is 370 g/mol. The van der Waals surface area contributed by atoms with Crippen LogP contribution < -0.4 is 10.2 Å². The fraction of sp³-hybridized carbons (Fsp3) is 0.278. The largest absolute Gasteiger partial charge is 0.423 e. The molecule has 0 radical (unpaired) electrons. The van der Waals surface area contributed by atoms with Gasteiger partial charge in [0.1, 0.15) is 0 Å². The lowest BCUT2D eigenvalue weighted by atomic mass is 10.1. The highest BCUT2D eigenvalue weighted by Crippen LogP contribution is 2.21. The van der Waals surface area contributed by atoms with Crippen molar-refractivity contribution < 1.29 is 13.6 Å². The maximum atomic E-state index is 13.8. The number of rotatable bonds is 6. The van der Waals surface area contributed by atoms with Crippen LogP contribution in [0.4, 0.5) is 10.2 Å². The van der Waals surface area contributed by atoms with Crippen LogP contribution in [0.3, 0.4) is 0 Å². The lowest BCUT2D eigenvalue weighted by Crippen LogP contribution is -2.23. The number of anilines is 1. The molecule has 1 N–H and O–H groups in total. The van der Waals surface area contributed by atoms with Gasteiger partial charge in [0.25, 0.3) is 5.91 Å². The Labute approximate surface area is 155 Å². The molecule has 0 aliphatic carbocycles. The summed E-state index contributed by atoms with van der Waals surface area (Å²) in [6.07, 6.45) is 1.75. The van der Waals surface area contributed by atoms with Gasteiger partial charge >= 0.3 is 0 Å². The van der Waals surface area contributed by atoms with Crippen molar-refractivity contribution in [1.29, 1.82) is 0 Å². The van der Waals surface area contributed by atoms with Crippen molar-refractivity contribution in [2.75, 3.05) is 19.0 Å². The van der Waals surface area contributed by atoms with Crippen LogP contribution in [0.15, 0.2) is 34.9 Å². The van der Waals surface area contributed by atoms with E-state index >= 15 is 0 Å². The number of hydrogen-bond donors (Lipinski definition) is 1. The second-order valence-corrected chi connectivity index (χ2v) is 5.97. The van der Waals surface area contributed by atoms with Crippen LogP contribution in [0.2, 0.25) is 0 Å². The van der Waals surface area contributed by atoms with E-state index in [9.17, 15) is 9.18 Å². The minimum atomic E-state index is -0.511. The molecule has 3 aromatic rings. The zero-order chi connectivity index (χ0) is 19.4. The van der Waals surface area contributed by atoms with Crippen molar-refractivity contribution >= 4 is 11.7 Å². The Kier molecular flexibility index (Phi) is 5.39. The zero-order valence-corrected chi connectivity index (χ0v) is 15.2. The molecule has 0 fully saturated rings. The topological polar surface area (TPSA) is 97.0 Å². The third-order valence-corrected chi connectivity index (χ3v) is 3.74. The molecule has 0 saturated carbocycles. The quantitative estimate of drug-likeness (QED) is 0.710. The Hall–Kier alpha value is -3.36. The summed E-state index contributed by atoms with van der Waals surface area (Å²) in [7, 11) is 3.39. The number of amides is 1. The van der Waals surface area contributed by atoms with E-state index in [-0.39, 0.29) is 18.3 Å². The molecule has 0 aliphatic heterocycles. The first kappa shape index (κ1) is 18.4. The second-order valence-electron chi connectivity index (χ2n) is 5.97. The van der Waals surface area contributed by atoms with Gasteiger partial charge in [-0.1, -0.05) is 19.1 Å². The van der Waals surface area contributed by atoms with E-state index in [1.165, 1.54) is 0 Å². The summed E-state index contributed by atoms with van der Waals surface area (Å²) in [4.78, 5) is 22.2. The summed E-state index contributed by atoms with van der Waals surface area (Å²) in [5, 5.41) is 10.4. The lowest BCUT2D eigenvalue weighted by Gasteiger charge is -2.13. The van der Waals surface area contributed by atoms with Crippen molar-refractivity contribution in [2.24, 2.45) is 0 Å². The molecule has 0 aliphatic rings. The fourth-order valence-corrected chi connectivity index (χ4v) is 2.37. The predicted octanol–water partition coefficient (Wildman–Crippen LogP) is 2.22. The van der Waals surface area contributed by atoms with Crippen LogP contribution in [0.1, 0.15) is 29.1 Å². The molecule has 27 heavy (non-hydrogen) atoms. The second kappa shape index (κ2) is 7.90. The normalized spacial score (nSPS) is 10.7. The maximum absolute atomic E-state index is 13.8. The number of hydrogen-bond acceptors (Lipinski definition) is 7. The summed E-state index contributed by atoms with van der Waals surface area (Å²) in [6.45, 7) is 2.04. The van der Waals surface area contributed by atoms with Gasteiger partial charge in [-0.15, -0.1) is 10.2 Å². The number of carbonyl (C=O) groups is 1. The molecule has 1 aromatic carbocycles. The Morgan fingerprint density at radius 3 is 2.74 bits per heavy atom. The molecule has 0 atom stereocenters. The van der Waals surface area contributed by atoms with E-state index in [0.717, 1.165) is 6.20 Å². The van der Waals surface area contributed by atoms with E-state index in [1.54, 1.807) is 43.3 Å². The van der Waals surface area contributed by atoms with Crippen LogP contribution in [0.25, 0.3) is 11.4 Å². The highest BCUT2D eigenvalue weighted by Gasteiger charge is 2.13. The van der Waals surface area contributed by atoms with Crippen molar-refractivity contribution in [1.82, 2.24) is 25.5 Å². The lowest BCUT2D eigenvalue weighted by molar-refractivity contribution is 0.0947. The standard InChI is InChI=1S/C18H19FN6O2/c1-4-14-23-24-15(27-14)10-21-18(26)12-7-5-6-11(8-12)16-20-9-13(19)17(22-16)25(2)3/h5-9H,4,10H2,1-3H3,(H,21,26). The Bertz CT molecular complexity index is 957. The summed E-state index contributed by atoms with van der Waals surface area (Å²) in [5.74, 6) is 0.559. The van der Waals surface area contributed by atoms with Gasteiger partial charge in [-0.25, -0.2) is 14.4 Å². The minimum Gasteiger partial charge on any atom is -0.423 e. The van der Waals surface area contributed by atoms with Crippen LogP contribution in [0, 0.1) is 5.82 Å². The van der Waals surface area contributed by atoms with Crippen LogP contribution in [-0.4, -0.2) is 40.2 Å². The fourth-order valence-electron chi connectivity index (χ4n) is 2.37. The van der Waals surface area contributed by atoms with Gasteiger partial charge in [-0.2, -0.15) is 0 Å². The molecule has 0 bridgehead atoms. The SMILES string of the molecule is CCc1nnc(CNC(=O)c2cccc(-c3ncc(F)c(N(C)C)n3)c2)o1. The summed E-state index contributed by atoms with van der Waals surface area (Å²) in [5.41, 5.74) is 1.03. The average Bonchev–Trinajstić information content (AvgIpc) is 3.14. The van der Waals surface area contributed by atoms with E-state index in [4.69, 9.17) is 4.42 Å². The first-order valence-electron chi connectivity index (χ1n) is 8.37. The molecule has 8 nitrogen and oxygen atoms in total. The number of nitrogens with zero attached hydrogens (tertiary/aromatic N) is 5. The Morgan fingerprint density at radius 2 is 2.04 bits per heavy atom. The third kappa shape index (κ3) is 4.25. The summed E-state index contributed by atoms with van der Waals surface area (Å²) >= 11 is 0. The number of halogens is 1. The number of aromatic nitrogens is 4. The molecule has 2 heterocycles. The van der Waals surface area contributed by atoms with E-state index in [2.05, 4.69) is 25.5 Å². The summed E-state index contributed by atoms with van der Waals surface area (Å²) < 4.78 is 19.1. The van der Waals surface area contributed by atoms with Gasteiger partial charge in [-0.3, -0.25) is 4.79 Å². The maximum Gasteiger partial charge on any atom is 0.251 e. The van der Waals surface area contributed by atoms with E-state index in [1.807, 2.05) is 6.92 Å². The van der Waals surface area contributed by atoms with Gasteiger partial charge in [0.05, 0.1) is 12.7 Å². The molecule has 0 unspecified atom stereocenters. The van der Waals surface area contributed by atoms with Crippen LogP contribution in [-0.2, 0) is 13.0 Å². The molecule has 2 aromatic heterocycles. The third-order valence-electron chi connectivity index (χ3n) is 3.74. The van der Waals surface area contributed by atoms with Gasteiger partial charge in [0, 0.05) is 31.6 Å². The van der Waals surface area contributed by atoms with Crippen LogP contribution >= 0.6 is 0 Å². The van der Waals surface area contributed by atoms with Crippen molar-refractivity contribution in [2.45, 2.75) is 19.9 Å². The smallest absolute Gasteiger partial charge is 0.251 e. The van der Waals surface area contributed by atoms with Gasteiger partial charge in [0.15, 0.2) is 17.5 Å². The van der Waals surface area contributed by atoms with E-state index < -0.39 is 5.82 Å². The molecule has 0 spiro atoms. The minimum absolute atomic E-state index is 0.133. The molecule has 0 saturated heterocycles. The van der Waals surface area contributed by atoms with Gasteiger partial charge in [0.2, 0.25) is 11.8 Å². The number of benzene rings is 1. The van der Waals surface area contributed by atoms with E-state index in [0.29, 0.717) is 35.2 Å². The van der Waals surface area contributed by atoms with Gasteiger partial charge in [-0.05, 0) is 12.1 Å². The first-order valence-corrected chi connectivity index (χ1v) is 8.37. The highest BCUT2D eigenvalue weighted by molar-refractivity contribution is 5.95. The van der Waals surface area contributed by atoms with Crippen molar-refractivity contribution in [3.8, 4) is 11.4 Å². The zero-order valence-electron chi connectivity index (χ0n) is 15.2. The molecule has 1 amide bonds. The average molecular weight is 370 g/mol. The molecule has 140 valence electrons. The molecule has 3 rings (SSSR count). The Morgan fingerprint density at radius 1 is 1.26 bits per heavy atom. The van der Waals surface area contributed by atoms with Crippen molar-refractivity contribution in [3.05, 3.63) is 53.6 Å². The number of carbonyl (C=O) groups excluding carboxylic acids is 1. The predicted molar refractivity (Wildman–Crippen MR) is 96.6 cm³/mol. The number of aryl methyl sites for hydroxylation is 1. The highest BCUT2D eigenvalue weighted by atomic mass is 19.1. The number of nitrogens with one attached hydrogen (secondary N) is 1. The molecule has 9 heteroatoms. The Balaban J connectivity index is 1.76. The molecular weight excluding hydrogens is 351 g/mol. The first-order chi connectivity index (χ1) is 13.0.